The number of rotatable bonds is 3. The maximum absolute atomic E-state index is 12.5. The Morgan fingerprint density at radius 3 is 2.57 bits per heavy atom. The van der Waals surface area contributed by atoms with E-state index in [0.29, 0.717) is 13.1 Å². The van der Waals surface area contributed by atoms with Gasteiger partial charge in [-0.15, -0.1) is 0 Å². The maximum Gasteiger partial charge on any atom is 0.416 e. The summed E-state index contributed by atoms with van der Waals surface area (Å²) in [4.78, 5) is 13.3. The van der Waals surface area contributed by atoms with Crippen LogP contribution in [0, 0.1) is 0 Å². The van der Waals surface area contributed by atoms with E-state index in [4.69, 9.17) is 0 Å². The molecule has 4 nitrogen and oxygen atoms in total. The van der Waals surface area contributed by atoms with Crippen molar-refractivity contribution in [3.05, 3.63) is 35.4 Å². The molecule has 1 fully saturated rings. The van der Waals surface area contributed by atoms with Gasteiger partial charge in [0.1, 0.15) is 0 Å². The first-order valence-corrected chi connectivity index (χ1v) is 6.75. The molecule has 0 radical (unpaired) electrons. The van der Waals surface area contributed by atoms with Crippen molar-refractivity contribution in [2.75, 3.05) is 20.1 Å². The van der Waals surface area contributed by atoms with Crippen molar-refractivity contribution < 1.29 is 18.0 Å². The topological polar surface area (TPSA) is 44.4 Å². The van der Waals surface area contributed by atoms with Gasteiger partial charge in [-0.2, -0.15) is 13.2 Å². The average molecular weight is 301 g/mol. The van der Waals surface area contributed by atoms with Gasteiger partial charge in [-0.05, 0) is 24.1 Å². The third-order valence-electron chi connectivity index (χ3n) is 3.52. The van der Waals surface area contributed by atoms with Gasteiger partial charge in [0.25, 0.3) is 0 Å². The number of hydrogen-bond donors (Lipinski definition) is 2. The molecule has 0 saturated carbocycles. The third-order valence-corrected chi connectivity index (χ3v) is 3.52. The lowest BCUT2D eigenvalue weighted by Crippen LogP contribution is -2.41. The molecule has 1 aliphatic heterocycles. The van der Waals surface area contributed by atoms with E-state index in [0.717, 1.165) is 30.7 Å². The Bertz CT molecular complexity index is 487. The van der Waals surface area contributed by atoms with Crippen LogP contribution in [0.5, 0.6) is 0 Å². The fourth-order valence-electron chi connectivity index (χ4n) is 2.41. The molecule has 1 heterocycles. The lowest BCUT2D eigenvalue weighted by atomic mass is 10.1. The molecule has 116 valence electrons. The van der Waals surface area contributed by atoms with E-state index < -0.39 is 11.7 Å². The first-order valence-electron chi connectivity index (χ1n) is 6.75. The first-order chi connectivity index (χ1) is 9.88. The zero-order valence-electron chi connectivity index (χ0n) is 11.7. The summed E-state index contributed by atoms with van der Waals surface area (Å²) < 4.78 is 37.4. The van der Waals surface area contributed by atoms with Gasteiger partial charge >= 0.3 is 12.2 Å². The Hall–Kier alpha value is -1.76. The van der Waals surface area contributed by atoms with Crippen LogP contribution in [0.2, 0.25) is 0 Å². The van der Waals surface area contributed by atoms with E-state index >= 15 is 0 Å². The van der Waals surface area contributed by atoms with Gasteiger partial charge in [-0.3, -0.25) is 4.90 Å². The SMILES string of the molecule is CNC(=O)NC1CCN(Cc2ccc(C(F)(F)F)cc2)C1. The van der Waals surface area contributed by atoms with E-state index in [1.165, 1.54) is 12.1 Å². The monoisotopic (exact) mass is 301 g/mol. The summed E-state index contributed by atoms with van der Waals surface area (Å²) in [5, 5.41) is 5.33. The number of halogens is 3. The molecule has 0 aliphatic carbocycles. The zero-order chi connectivity index (χ0) is 15.5. The second-order valence-electron chi connectivity index (χ2n) is 5.14. The highest BCUT2D eigenvalue weighted by atomic mass is 19.4. The number of amides is 2. The largest absolute Gasteiger partial charge is 0.416 e. The molecule has 1 atom stereocenters. The molecule has 1 unspecified atom stereocenters. The summed E-state index contributed by atoms with van der Waals surface area (Å²) in [6, 6.07) is 5.08. The van der Waals surface area contributed by atoms with Crippen molar-refractivity contribution in [2.24, 2.45) is 0 Å². The van der Waals surface area contributed by atoms with E-state index in [-0.39, 0.29) is 12.1 Å². The van der Waals surface area contributed by atoms with Gasteiger partial charge in [0.15, 0.2) is 0 Å². The molecular formula is C14H18F3N3O. The predicted molar refractivity (Wildman–Crippen MR) is 72.7 cm³/mol. The maximum atomic E-state index is 12.5. The van der Waals surface area contributed by atoms with Crippen molar-refractivity contribution in [3.63, 3.8) is 0 Å². The van der Waals surface area contributed by atoms with Gasteiger partial charge in [0.05, 0.1) is 5.56 Å². The number of urea groups is 1. The summed E-state index contributed by atoms with van der Waals surface area (Å²) in [5.74, 6) is 0. The normalized spacial score (nSPS) is 19.5. The quantitative estimate of drug-likeness (QED) is 0.899. The molecule has 0 bridgehead atoms. The number of likely N-dealkylation sites (tertiary alicyclic amines) is 1. The Kier molecular flexibility index (Phi) is 4.72. The van der Waals surface area contributed by atoms with Crippen molar-refractivity contribution in [1.29, 1.82) is 0 Å². The molecular weight excluding hydrogens is 283 g/mol. The molecule has 1 aromatic carbocycles. The minimum absolute atomic E-state index is 0.0828. The van der Waals surface area contributed by atoms with Crippen molar-refractivity contribution in [2.45, 2.75) is 25.2 Å². The van der Waals surface area contributed by atoms with Gasteiger partial charge in [0.2, 0.25) is 0 Å². The zero-order valence-corrected chi connectivity index (χ0v) is 11.7. The van der Waals surface area contributed by atoms with Crippen molar-refractivity contribution in [1.82, 2.24) is 15.5 Å². The first kappa shape index (κ1) is 15.6. The fourth-order valence-corrected chi connectivity index (χ4v) is 2.41. The second-order valence-corrected chi connectivity index (χ2v) is 5.14. The van der Waals surface area contributed by atoms with Crippen LogP contribution in [0.1, 0.15) is 17.5 Å². The minimum atomic E-state index is -4.30. The van der Waals surface area contributed by atoms with Crippen LogP contribution in [0.15, 0.2) is 24.3 Å². The Morgan fingerprint density at radius 1 is 1.33 bits per heavy atom. The molecule has 0 spiro atoms. The molecule has 2 N–H and O–H groups in total. The summed E-state index contributed by atoms with van der Waals surface area (Å²) in [6.07, 6.45) is -3.46. The molecule has 1 aliphatic rings. The van der Waals surface area contributed by atoms with Crippen LogP contribution in [-0.2, 0) is 12.7 Å². The highest BCUT2D eigenvalue weighted by Crippen LogP contribution is 2.29. The number of carbonyl (C=O) groups excluding carboxylic acids is 1. The predicted octanol–water partition coefficient (Wildman–Crippen LogP) is 2.21. The van der Waals surface area contributed by atoms with Crippen LogP contribution >= 0.6 is 0 Å². The third kappa shape index (κ3) is 4.35. The lowest BCUT2D eigenvalue weighted by molar-refractivity contribution is -0.137. The highest BCUT2D eigenvalue weighted by molar-refractivity contribution is 5.73. The van der Waals surface area contributed by atoms with E-state index in [2.05, 4.69) is 15.5 Å². The molecule has 1 aromatic rings. The van der Waals surface area contributed by atoms with Crippen LogP contribution in [0.3, 0.4) is 0 Å². The lowest BCUT2D eigenvalue weighted by Gasteiger charge is -2.17. The van der Waals surface area contributed by atoms with Crippen molar-refractivity contribution >= 4 is 6.03 Å². The van der Waals surface area contributed by atoms with Crippen LogP contribution in [-0.4, -0.2) is 37.1 Å². The van der Waals surface area contributed by atoms with Gasteiger partial charge in [-0.1, -0.05) is 12.1 Å². The summed E-state index contributed by atoms with van der Waals surface area (Å²) in [6.45, 7) is 2.11. The minimum Gasteiger partial charge on any atom is -0.341 e. The second kappa shape index (κ2) is 6.34. The van der Waals surface area contributed by atoms with Crippen LogP contribution in [0.4, 0.5) is 18.0 Å². The van der Waals surface area contributed by atoms with Crippen LogP contribution in [0.25, 0.3) is 0 Å². The van der Waals surface area contributed by atoms with Crippen LogP contribution < -0.4 is 10.6 Å². The van der Waals surface area contributed by atoms with E-state index in [9.17, 15) is 18.0 Å². The summed E-state index contributed by atoms with van der Waals surface area (Å²) >= 11 is 0. The molecule has 0 aromatic heterocycles. The van der Waals surface area contributed by atoms with E-state index in [1.54, 1.807) is 7.05 Å². The highest BCUT2D eigenvalue weighted by Gasteiger charge is 2.30. The average Bonchev–Trinajstić information content (AvgIpc) is 2.85. The molecule has 2 rings (SSSR count). The molecule has 1 saturated heterocycles. The number of benzene rings is 1. The summed E-state index contributed by atoms with van der Waals surface area (Å²) in [5.41, 5.74) is 0.204. The van der Waals surface area contributed by atoms with E-state index in [1.807, 2.05) is 0 Å². The molecule has 2 amide bonds. The molecule has 7 heteroatoms. The summed E-state index contributed by atoms with van der Waals surface area (Å²) in [7, 11) is 1.56. The number of nitrogens with one attached hydrogen (secondary N) is 2. The number of nitrogens with zero attached hydrogens (tertiary/aromatic N) is 1. The number of hydrogen-bond acceptors (Lipinski definition) is 2. The van der Waals surface area contributed by atoms with Gasteiger partial charge < -0.3 is 10.6 Å². The van der Waals surface area contributed by atoms with Gasteiger partial charge in [-0.25, -0.2) is 4.79 Å². The van der Waals surface area contributed by atoms with Gasteiger partial charge in [0, 0.05) is 32.7 Å². The number of carbonyl (C=O) groups is 1. The Labute approximate surface area is 121 Å². The standard InChI is InChI=1S/C14H18F3N3O/c1-18-13(21)19-12-6-7-20(9-12)8-10-2-4-11(5-3-10)14(15,16)17/h2-5,12H,6-9H2,1H3,(H2,18,19,21). The smallest absolute Gasteiger partial charge is 0.341 e. The fraction of sp³-hybridized carbons (Fsp3) is 0.500. The molecule has 21 heavy (non-hydrogen) atoms. The van der Waals surface area contributed by atoms with Crippen molar-refractivity contribution in [3.8, 4) is 0 Å². The Balaban J connectivity index is 1.87. The number of alkyl halides is 3. The Morgan fingerprint density at radius 2 is 2.00 bits per heavy atom.